The van der Waals surface area contributed by atoms with E-state index in [0.717, 1.165) is 0 Å². The zero-order valence-electron chi connectivity index (χ0n) is 7.58. The number of hydrogen-bond donors (Lipinski definition) is 6. The molecule has 1 rings (SSSR count). The van der Waals surface area contributed by atoms with Crippen molar-refractivity contribution >= 4 is 0 Å². The van der Waals surface area contributed by atoms with E-state index in [4.69, 9.17) is 15.6 Å². The first kappa shape index (κ1) is 11.8. The van der Waals surface area contributed by atoms with Crippen LogP contribution >= 0.6 is 0 Å². The summed E-state index contributed by atoms with van der Waals surface area (Å²) in [5, 5.41) is 39.6. The number of nitrogens with two attached hydrogens (primary N) is 1. The molecule has 0 aromatic rings. The molecule has 1 saturated heterocycles. The summed E-state index contributed by atoms with van der Waals surface area (Å²) >= 11 is 0. The lowest BCUT2D eigenvalue weighted by Crippen LogP contribution is -2.63. The fraction of sp³-hybridized carbons (Fsp3) is 1.00. The number of rotatable bonds is 3. The van der Waals surface area contributed by atoms with Gasteiger partial charge in [-0.3, -0.25) is 5.32 Å². The molecule has 0 saturated carbocycles. The van der Waals surface area contributed by atoms with Crippen molar-refractivity contribution in [3.8, 4) is 0 Å². The summed E-state index contributed by atoms with van der Waals surface area (Å²) in [5.41, 5.74) is 5.18. The number of aliphatic hydroxyl groups is 4. The highest BCUT2D eigenvalue weighted by atomic mass is 16.6. The van der Waals surface area contributed by atoms with Gasteiger partial charge >= 0.3 is 0 Å². The van der Waals surface area contributed by atoms with Crippen LogP contribution in [0.1, 0.15) is 0 Å². The van der Waals surface area contributed by atoms with Gasteiger partial charge in [-0.15, -0.1) is 0 Å². The van der Waals surface area contributed by atoms with Gasteiger partial charge in [0.15, 0.2) is 6.29 Å². The highest BCUT2D eigenvalue weighted by Gasteiger charge is 2.42. The van der Waals surface area contributed by atoms with Crippen molar-refractivity contribution in [2.75, 3.05) is 13.3 Å². The summed E-state index contributed by atoms with van der Waals surface area (Å²) in [5.74, 6) is 0. The second-order valence-corrected chi connectivity index (χ2v) is 3.16. The minimum atomic E-state index is -1.30. The Hall–Kier alpha value is -0.280. The highest BCUT2D eigenvalue weighted by molar-refractivity contribution is 4.92. The summed E-state index contributed by atoms with van der Waals surface area (Å²) in [7, 11) is 0. The molecule has 7 nitrogen and oxygen atoms in total. The van der Waals surface area contributed by atoms with E-state index in [1.807, 2.05) is 0 Å². The topological polar surface area (TPSA) is 128 Å². The minimum Gasteiger partial charge on any atom is -0.394 e. The molecule has 7 heteroatoms. The molecule has 1 fully saturated rings. The van der Waals surface area contributed by atoms with E-state index in [1.165, 1.54) is 0 Å². The van der Waals surface area contributed by atoms with Crippen molar-refractivity contribution in [3.63, 3.8) is 0 Å². The van der Waals surface area contributed by atoms with Crippen LogP contribution in [0.15, 0.2) is 0 Å². The summed E-state index contributed by atoms with van der Waals surface area (Å²) < 4.78 is 4.86. The Balaban J connectivity index is 2.63. The maximum absolute atomic E-state index is 9.52. The number of aliphatic hydroxyl groups excluding tert-OH is 4. The Morgan fingerprint density at radius 2 is 1.86 bits per heavy atom. The third-order valence-electron chi connectivity index (χ3n) is 2.25. The summed E-state index contributed by atoms with van der Waals surface area (Å²) in [6, 6.07) is -0.849. The number of ether oxygens (including phenoxy) is 1. The average molecular weight is 208 g/mol. The first-order chi connectivity index (χ1) is 6.61. The lowest BCUT2D eigenvalue weighted by atomic mass is 9.97. The Bertz CT molecular complexity index is 181. The smallest absolute Gasteiger partial charge is 0.173 e. The second kappa shape index (κ2) is 4.99. The van der Waals surface area contributed by atoms with E-state index in [1.54, 1.807) is 0 Å². The molecule has 14 heavy (non-hydrogen) atoms. The molecule has 0 spiro atoms. The monoisotopic (exact) mass is 208 g/mol. The largest absolute Gasteiger partial charge is 0.394 e. The molecule has 5 atom stereocenters. The van der Waals surface area contributed by atoms with Gasteiger partial charge in [0.05, 0.1) is 12.6 Å². The van der Waals surface area contributed by atoms with Crippen LogP contribution in [-0.2, 0) is 4.74 Å². The van der Waals surface area contributed by atoms with Crippen molar-refractivity contribution in [1.29, 1.82) is 0 Å². The predicted molar refractivity (Wildman–Crippen MR) is 46.0 cm³/mol. The molecule has 1 aliphatic heterocycles. The number of hydrogen-bond acceptors (Lipinski definition) is 7. The molecule has 7 N–H and O–H groups in total. The van der Waals surface area contributed by atoms with E-state index in [-0.39, 0.29) is 6.67 Å². The van der Waals surface area contributed by atoms with E-state index in [2.05, 4.69) is 5.32 Å². The van der Waals surface area contributed by atoms with Gasteiger partial charge in [-0.05, 0) is 0 Å². The maximum Gasteiger partial charge on any atom is 0.173 e. The quantitative estimate of drug-likeness (QED) is 0.263. The van der Waals surface area contributed by atoms with Crippen molar-refractivity contribution in [2.45, 2.75) is 30.6 Å². The van der Waals surface area contributed by atoms with Crippen molar-refractivity contribution in [3.05, 3.63) is 0 Å². The van der Waals surface area contributed by atoms with Gasteiger partial charge in [0, 0.05) is 6.67 Å². The van der Waals surface area contributed by atoms with Crippen LogP contribution in [0.3, 0.4) is 0 Å². The minimum absolute atomic E-state index is 0.0403. The Morgan fingerprint density at radius 3 is 2.36 bits per heavy atom. The molecule has 1 heterocycles. The SMILES string of the molecule is NCNC1C(O)OC(CO)C(O)C1O. The molecule has 1 aliphatic rings. The third kappa shape index (κ3) is 2.20. The Kier molecular flexibility index (Phi) is 4.20. The van der Waals surface area contributed by atoms with Gasteiger partial charge < -0.3 is 30.9 Å². The molecule has 5 unspecified atom stereocenters. The first-order valence-electron chi connectivity index (χ1n) is 4.35. The lowest BCUT2D eigenvalue weighted by molar-refractivity contribution is -0.254. The van der Waals surface area contributed by atoms with E-state index in [0.29, 0.717) is 0 Å². The van der Waals surface area contributed by atoms with Crippen LogP contribution in [0.4, 0.5) is 0 Å². The van der Waals surface area contributed by atoms with Gasteiger partial charge in [0.25, 0.3) is 0 Å². The first-order valence-corrected chi connectivity index (χ1v) is 4.35. The third-order valence-corrected chi connectivity index (χ3v) is 2.25. The fourth-order valence-corrected chi connectivity index (χ4v) is 1.45. The molecule has 0 amide bonds. The van der Waals surface area contributed by atoms with Crippen LogP contribution in [-0.4, -0.2) is 64.3 Å². The van der Waals surface area contributed by atoms with E-state index < -0.39 is 37.3 Å². The highest BCUT2D eigenvalue weighted by Crippen LogP contribution is 2.19. The van der Waals surface area contributed by atoms with Crippen LogP contribution < -0.4 is 11.1 Å². The van der Waals surface area contributed by atoms with Crippen LogP contribution in [0.25, 0.3) is 0 Å². The van der Waals surface area contributed by atoms with E-state index >= 15 is 0 Å². The van der Waals surface area contributed by atoms with Gasteiger partial charge in [0.1, 0.15) is 18.3 Å². The van der Waals surface area contributed by atoms with Crippen molar-refractivity contribution in [2.24, 2.45) is 5.73 Å². The normalized spacial score (nSPS) is 43.9. The maximum atomic E-state index is 9.52. The summed E-state index contributed by atoms with van der Waals surface area (Å²) in [4.78, 5) is 0. The predicted octanol–water partition coefficient (Wildman–Crippen LogP) is -3.71. The zero-order valence-corrected chi connectivity index (χ0v) is 7.58. The molecule has 0 radical (unpaired) electrons. The zero-order chi connectivity index (χ0) is 10.7. The van der Waals surface area contributed by atoms with Gasteiger partial charge in [-0.2, -0.15) is 0 Å². The lowest BCUT2D eigenvalue weighted by Gasteiger charge is -2.40. The van der Waals surface area contributed by atoms with Gasteiger partial charge in [-0.1, -0.05) is 0 Å². The molecular formula is C7H16N2O5. The molecular weight excluding hydrogens is 192 g/mol. The van der Waals surface area contributed by atoms with Crippen LogP contribution in [0.2, 0.25) is 0 Å². The van der Waals surface area contributed by atoms with Gasteiger partial charge in [0.2, 0.25) is 0 Å². The van der Waals surface area contributed by atoms with Gasteiger partial charge in [-0.25, -0.2) is 0 Å². The van der Waals surface area contributed by atoms with Crippen LogP contribution in [0.5, 0.6) is 0 Å². The number of nitrogens with one attached hydrogen (secondary N) is 1. The summed E-state index contributed by atoms with van der Waals surface area (Å²) in [6.07, 6.45) is -4.74. The molecule has 0 aliphatic carbocycles. The molecule has 0 aromatic carbocycles. The fourth-order valence-electron chi connectivity index (χ4n) is 1.45. The van der Waals surface area contributed by atoms with Crippen LogP contribution in [0, 0.1) is 0 Å². The molecule has 84 valence electrons. The Labute approximate surface area is 81.1 Å². The average Bonchev–Trinajstić information content (AvgIpc) is 2.18. The molecule has 0 aromatic heterocycles. The molecule has 0 bridgehead atoms. The van der Waals surface area contributed by atoms with Crippen molar-refractivity contribution in [1.82, 2.24) is 5.32 Å². The standard InChI is InChI=1S/C7H16N2O5/c8-2-9-4-6(12)5(11)3(1-10)14-7(4)13/h3-7,9-13H,1-2,8H2. The second-order valence-electron chi connectivity index (χ2n) is 3.16. The van der Waals surface area contributed by atoms with Crippen molar-refractivity contribution < 1.29 is 25.2 Å². The Morgan fingerprint density at radius 1 is 1.21 bits per heavy atom. The van der Waals surface area contributed by atoms with E-state index in [9.17, 15) is 15.3 Å². The summed E-state index contributed by atoms with van der Waals surface area (Å²) in [6.45, 7) is -0.427.